The van der Waals surface area contributed by atoms with Gasteiger partial charge in [-0.05, 0) is 12.1 Å². The molecule has 0 aliphatic carbocycles. The largest absolute Gasteiger partial charge is 0.381 e. The van der Waals surface area contributed by atoms with Crippen LogP contribution in [0.25, 0.3) is 17.0 Å². The van der Waals surface area contributed by atoms with E-state index in [1.165, 1.54) is 4.68 Å². The van der Waals surface area contributed by atoms with Crippen LogP contribution in [0.15, 0.2) is 35.3 Å². The van der Waals surface area contributed by atoms with Gasteiger partial charge in [-0.3, -0.25) is 9.69 Å². The van der Waals surface area contributed by atoms with Crippen molar-refractivity contribution in [1.29, 1.82) is 0 Å². The van der Waals surface area contributed by atoms with Gasteiger partial charge in [0.2, 0.25) is 5.95 Å². The molecule has 3 heterocycles. The zero-order valence-electron chi connectivity index (χ0n) is 14.1. The number of benzene rings is 1. The van der Waals surface area contributed by atoms with Crippen molar-refractivity contribution in [2.24, 2.45) is 0 Å². The molecule has 0 bridgehead atoms. The van der Waals surface area contributed by atoms with Gasteiger partial charge >= 0.3 is 0 Å². The first kappa shape index (κ1) is 17.0. The van der Waals surface area contributed by atoms with Crippen LogP contribution in [0.1, 0.15) is 0 Å². The summed E-state index contributed by atoms with van der Waals surface area (Å²) in [6.07, 6.45) is 1.55. The van der Waals surface area contributed by atoms with Crippen molar-refractivity contribution in [2.45, 2.75) is 0 Å². The highest BCUT2D eigenvalue weighted by Gasteiger charge is 2.14. The predicted octanol–water partition coefficient (Wildman–Crippen LogP) is 1.51. The molecular weight excluding hydrogens is 356 g/mol. The van der Waals surface area contributed by atoms with E-state index in [-0.39, 0.29) is 5.02 Å². The van der Waals surface area contributed by atoms with Crippen LogP contribution in [0.5, 0.6) is 0 Å². The number of hydrogen-bond acceptors (Lipinski definition) is 6. The van der Waals surface area contributed by atoms with Crippen molar-refractivity contribution in [1.82, 2.24) is 24.6 Å². The summed E-state index contributed by atoms with van der Waals surface area (Å²) in [5.74, 6) is 0.345. The second kappa shape index (κ2) is 7.45. The smallest absolute Gasteiger partial charge is 0.295 e. The van der Waals surface area contributed by atoms with E-state index in [1.54, 1.807) is 6.20 Å². The Morgan fingerprint density at radius 1 is 1.27 bits per heavy atom. The number of aromatic nitrogens is 4. The fraction of sp³-hybridized carbons (Fsp3) is 0.353. The summed E-state index contributed by atoms with van der Waals surface area (Å²) < 4.78 is 6.51. The van der Waals surface area contributed by atoms with Crippen LogP contribution >= 0.6 is 11.6 Å². The number of fused-ring (bicyclic) bond motifs is 1. The first-order chi connectivity index (χ1) is 12.7. The zero-order valence-corrected chi connectivity index (χ0v) is 14.9. The average molecular weight is 375 g/mol. The Hall–Kier alpha value is -2.42. The second-order valence-corrected chi connectivity index (χ2v) is 6.43. The molecule has 1 aliphatic rings. The van der Waals surface area contributed by atoms with E-state index in [4.69, 9.17) is 16.3 Å². The van der Waals surface area contributed by atoms with Gasteiger partial charge in [0.15, 0.2) is 0 Å². The van der Waals surface area contributed by atoms with Gasteiger partial charge in [-0.25, -0.2) is 4.98 Å². The van der Waals surface area contributed by atoms with Gasteiger partial charge in [0.1, 0.15) is 5.02 Å². The summed E-state index contributed by atoms with van der Waals surface area (Å²) in [6.45, 7) is 4.89. The van der Waals surface area contributed by atoms with E-state index in [0.717, 1.165) is 43.9 Å². The van der Waals surface area contributed by atoms with Gasteiger partial charge < -0.3 is 15.0 Å². The molecular formula is C17H19ClN6O2. The number of halogens is 1. The highest BCUT2D eigenvalue weighted by molar-refractivity contribution is 6.32. The number of anilines is 1. The van der Waals surface area contributed by atoms with Crippen molar-refractivity contribution >= 4 is 28.3 Å². The SMILES string of the molecule is O=c1c(Cl)c(NCCN2CCOCC2)cnn1-c1nc2ccccc2[nH]1. The van der Waals surface area contributed by atoms with Crippen molar-refractivity contribution in [3.05, 3.63) is 45.8 Å². The topological polar surface area (TPSA) is 88.1 Å². The van der Waals surface area contributed by atoms with Crippen LogP contribution in [0.4, 0.5) is 5.69 Å². The number of imidazole rings is 1. The molecule has 1 saturated heterocycles. The Morgan fingerprint density at radius 3 is 2.88 bits per heavy atom. The molecule has 136 valence electrons. The Kier molecular flexibility index (Phi) is 4.87. The monoisotopic (exact) mass is 374 g/mol. The normalized spacial score (nSPS) is 15.4. The number of nitrogens with zero attached hydrogens (tertiary/aromatic N) is 4. The number of nitrogens with one attached hydrogen (secondary N) is 2. The van der Waals surface area contributed by atoms with Crippen LogP contribution in [-0.4, -0.2) is 64.0 Å². The quantitative estimate of drug-likeness (QED) is 0.703. The third-order valence-electron chi connectivity index (χ3n) is 4.34. The number of ether oxygens (including phenoxy) is 1. The summed E-state index contributed by atoms with van der Waals surface area (Å²) in [6, 6.07) is 7.54. The Balaban J connectivity index is 1.50. The lowest BCUT2D eigenvalue weighted by molar-refractivity contribution is 0.0398. The molecule has 2 N–H and O–H groups in total. The molecule has 0 amide bonds. The lowest BCUT2D eigenvalue weighted by Crippen LogP contribution is -2.39. The fourth-order valence-electron chi connectivity index (χ4n) is 2.92. The first-order valence-corrected chi connectivity index (χ1v) is 8.87. The lowest BCUT2D eigenvalue weighted by Gasteiger charge is -2.26. The molecule has 0 radical (unpaired) electrons. The molecule has 3 aromatic rings. The number of aromatic amines is 1. The van der Waals surface area contributed by atoms with E-state index in [9.17, 15) is 4.79 Å². The van der Waals surface area contributed by atoms with Crippen molar-refractivity contribution in [3.8, 4) is 5.95 Å². The van der Waals surface area contributed by atoms with Gasteiger partial charge in [0, 0.05) is 26.2 Å². The molecule has 1 aliphatic heterocycles. The molecule has 8 nitrogen and oxygen atoms in total. The number of hydrogen-bond donors (Lipinski definition) is 2. The average Bonchev–Trinajstić information content (AvgIpc) is 3.10. The van der Waals surface area contributed by atoms with E-state index >= 15 is 0 Å². The Morgan fingerprint density at radius 2 is 2.08 bits per heavy atom. The highest BCUT2D eigenvalue weighted by atomic mass is 35.5. The third kappa shape index (κ3) is 3.44. The minimum Gasteiger partial charge on any atom is -0.381 e. The van der Waals surface area contributed by atoms with Gasteiger partial charge in [0.25, 0.3) is 5.56 Å². The molecule has 2 aromatic heterocycles. The summed E-state index contributed by atoms with van der Waals surface area (Å²) in [5.41, 5.74) is 1.71. The molecule has 0 atom stereocenters. The van der Waals surface area contributed by atoms with Crippen LogP contribution in [0.2, 0.25) is 5.02 Å². The molecule has 26 heavy (non-hydrogen) atoms. The molecule has 0 unspecified atom stereocenters. The van der Waals surface area contributed by atoms with Crippen LogP contribution in [0, 0.1) is 0 Å². The maximum atomic E-state index is 12.6. The van der Waals surface area contributed by atoms with Crippen molar-refractivity contribution in [2.75, 3.05) is 44.7 Å². The maximum absolute atomic E-state index is 12.6. The molecule has 0 spiro atoms. The molecule has 1 fully saturated rings. The number of H-pyrrole nitrogens is 1. The van der Waals surface area contributed by atoms with Crippen LogP contribution < -0.4 is 10.9 Å². The third-order valence-corrected chi connectivity index (χ3v) is 4.71. The Bertz CT molecular complexity index is 930. The minimum atomic E-state index is -0.415. The van der Waals surface area contributed by atoms with Crippen LogP contribution in [-0.2, 0) is 4.74 Å². The van der Waals surface area contributed by atoms with Crippen LogP contribution in [0.3, 0.4) is 0 Å². The number of rotatable bonds is 5. The number of morpholine rings is 1. The molecule has 4 rings (SSSR count). The molecule has 1 aromatic carbocycles. The zero-order chi connectivity index (χ0) is 17.9. The number of para-hydroxylation sites is 2. The van der Waals surface area contributed by atoms with E-state index < -0.39 is 5.56 Å². The summed E-state index contributed by atoms with van der Waals surface area (Å²) in [4.78, 5) is 22.3. The minimum absolute atomic E-state index is 0.0995. The van der Waals surface area contributed by atoms with Gasteiger partial charge in [-0.15, -0.1) is 0 Å². The summed E-state index contributed by atoms with van der Waals surface area (Å²) in [7, 11) is 0. The molecule has 0 saturated carbocycles. The molecule has 9 heteroatoms. The Labute approximate surface area is 154 Å². The summed E-state index contributed by atoms with van der Waals surface area (Å²) in [5, 5.41) is 7.48. The fourth-order valence-corrected chi connectivity index (χ4v) is 3.12. The van der Waals surface area contributed by atoms with E-state index in [0.29, 0.717) is 18.2 Å². The van der Waals surface area contributed by atoms with E-state index in [1.807, 2.05) is 24.3 Å². The van der Waals surface area contributed by atoms with Gasteiger partial charge in [0.05, 0.1) is 36.1 Å². The lowest BCUT2D eigenvalue weighted by atomic mass is 10.3. The van der Waals surface area contributed by atoms with Crippen molar-refractivity contribution in [3.63, 3.8) is 0 Å². The standard InChI is InChI=1S/C17H19ClN6O2/c18-15-14(19-5-6-23-7-9-26-10-8-23)11-20-24(16(15)25)17-21-12-3-1-2-4-13(12)22-17/h1-4,11,19H,5-10H2,(H,21,22). The predicted molar refractivity (Wildman–Crippen MR) is 100 cm³/mol. The first-order valence-electron chi connectivity index (χ1n) is 8.49. The van der Waals surface area contributed by atoms with E-state index in [2.05, 4.69) is 25.3 Å². The van der Waals surface area contributed by atoms with Gasteiger partial charge in [-0.1, -0.05) is 23.7 Å². The maximum Gasteiger partial charge on any atom is 0.295 e. The van der Waals surface area contributed by atoms with Crippen molar-refractivity contribution < 1.29 is 4.74 Å². The van der Waals surface area contributed by atoms with Gasteiger partial charge in [-0.2, -0.15) is 9.78 Å². The summed E-state index contributed by atoms with van der Waals surface area (Å²) >= 11 is 6.26. The second-order valence-electron chi connectivity index (χ2n) is 6.05. The highest BCUT2D eigenvalue weighted by Crippen LogP contribution is 2.17.